The average Bonchev–Trinajstić information content (AvgIpc) is 2.36. The number of likely N-dealkylation sites (N-methyl/N-ethyl adjacent to an activating group) is 1. The summed E-state index contributed by atoms with van der Waals surface area (Å²) >= 11 is 0. The van der Waals surface area contributed by atoms with Crippen LogP contribution in [0.3, 0.4) is 0 Å². The van der Waals surface area contributed by atoms with E-state index in [1.807, 2.05) is 51.1 Å². The number of rotatable bonds is 6. The molecule has 0 radical (unpaired) electrons. The first-order valence-electron chi connectivity index (χ1n) is 6.97. The number of carbonyl (C=O) groups is 2. The highest BCUT2D eigenvalue weighted by Crippen LogP contribution is 2.10. The molecule has 0 saturated carbocycles. The molecule has 5 nitrogen and oxygen atoms in total. The molecule has 0 aromatic heterocycles. The van der Waals surface area contributed by atoms with Crippen LogP contribution in [-0.2, 0) is 16.0 Å². The number of carboxylic acid groups (broad SMARTS) is 1. The molecule has 0 unspecified atom stereocenters. The predicted octanol–water partition coefficient (Wildman–Crippen LogP) is 1.53. The third-order valence-electron chi connectivity index (χ3n) is 2.94. The van der Waals surface area contributed by atoms with Gasteiger partial charge >= 0.3 is 5.97 Å². The molecular formula is C16H24N2O3. The Morgan fingerprint density at radius 3 is 2.29 bits per heavy atom. The Morgan fingerprint density at radius 2 is 1.81 bits per heavy atom. The van der Waals surface area contributed by atoms with Crippen molar-refractivity contribution in [2.75, 3.05) is 13.6 Å². The van der Waals surface area contributed by atoms with Gasteiger partial charge in [0.15, 0.2) is 0 Å². The fraction of sp³-hybridized carbons (Fsp3) is 0.500. The highest BCUT2D eigenvalue weighted by molar-refractivity contribution is 5.85. The molecule has 2 N–H and O–H groups in total. The Hall–Kier alpha value is -1.88. The molecule has 1 aromatic carbocycles. The maximum Gasteiger partial charge on any atom is 0.323 e. The number of hydrogen-bond donors (Lipinski definition) is 2. The first kappa shape index (κ1) is 17.2. The Morgan fingerprint density at radius 1 is 1.24 bits per heavy atom. The summed E-state index contributed by atoms with van der Waals surface area (Å²) in [5, 5.41) is 12.1. The van der Waals surface area contributed by atoms with Crippen molar-refractivity contribution in [3.63, 3.8) is 0 Å². The third-order valence-corrected chi connectivity index (χ3v) is 2.94. The van der Waals surface area contributed by atoms with Gasteiger partial charge in [0.2, 0.25) is 5.91 Å². The van der Waals surface area contributed by atoms with Crippen LogP contribution in [0.2, 0.25) is 0 Å². The van der Waals surface area contributed by atoms with Gasteiger partial charge < -0.3 is 15.3 Å². The van der Waals surface area contributed by atoms with Gasteiger partial charge in [-0.3, -0.25) is 9.59 Å². The van der Waals surface area contributed by atoms with Crippen LogP contribution in [0.4, 0.5) is 0 Å². The van der Waals surface area contributed by atoms with Crippen LogP contribution in [0.15, 0.2) is 30.3 Å². The molecule has 1 atom stereocenters. The molecule has 21 heavy (non-hydrogen) atoms. The van der Waals surface area contributed by atoms with Crippen LogP contribution < -0.4 is 5.32 Å². The van der Waals surface area contributed by atoms with Gasteiger partial charge in [0.05, 0.1) is 6.04 Å². The van der Waals surface area contributed by atoms with Crippen molar-refractivity contribution in [1.29, 1.82) is 0 Å². The minimum atomic E-state index is -1.01. The zero-order valence-corrected chi connectivity index (χ0v) is 13.1. The van der Waals surface area contributed by atoms with E-state index >= 15 is 0 Å². The number of carboxylic acids is 1. The average molecular weight is 292 g/mol. The summed E-state index contributed by atoms with van der Waals surface area (Å²) in [7, 11) is 1.51. The Labute approximate surface area is 126 Å². The van der Waals surface area contributed by atoms with E-state index in [4.69, 9.17) is 5.11 Å². The molecule has 0 saturated heterocycles. The standard InChI is InChI=1S/C16H24N2O3/c1-16(2,3)17-13(10-12-8-6-5-7-9-12)15(21)18(4)11-14(19)20/h5-9,13,17H,10-11H2,1-4H3,(H,19,20)/t13-/m0/s1. The molecule has 0 aliphatic rings. The Bertz CT molecular complexity index is 480. The van der Waals surface area contributed by atoms with Crippen molar-refractivity contribution in [2.24, 2.45) is 0 Å². The zero-order valence-electron chi connectivity index (χ0n) is 13.1. The van der Waals surface area contributed by atoms with Crippen molar-refractivity contribution in [1.82, 2.24) is 10.2 Å². The lowest BCUT2D eigenvalue weighted by molar-refractivity contribution is -0.144. The van der Waals surface area contributed by atoms with Gasteiger partial charge in [-0.05, 0) is 32.8 Å². The summed E-state index contributed by atoms with van der Waals surface area (Å²) in [6, 6.07) is 9.25. The van der Waals surface area contributed by atoms with Gasteiger partial charge in [-0.25, -0.2) is 0 Å². The molecular weight excluding hydrogens is 268 g/mol. The summed E-state index contributed by atoms with van der Waals surface area (Å²) in [5.41, 5.74) is 0.801. The van der Waals surface area contributed by atoms with Crippen molar-refractivity contribution in [2.45, 2.75) is 38.8 Å². The smallest absolute Gasteiger partial charge is 0.323 e. The minimum Gasteiger partial charge on any atom is -0.480 e. The van der Waals surface area contributed by atoms with Crippen LogP contribution in [0.25, 0.3) is 0 Å². The second-order valence-electron chi connectivity index (χ2n) is 6.22. The largest absolute Gasteiger partial charge is 0.480 e. The molecule has 5 heteroatoms. The van der Waals surface area contributed by atoms with Crippen molar-refractivity contribution in [3.05, 3.63) is 35.9 Å². The molecule has 1 rings (SSSR count). The van der Waals surface area contributed by atoms with Crippen LogP contribution in [-0.4, -0.2) is 47.1 Å². The first-order chi connectivity index (χ1) is 9.69. The predicted molar refractivity (Wildman–Crippen MR) is 82.1 cm³/mol. The van der Waals surface area contributed by atoms with E-state index < -0.39 is 12.0 Å². The number of benzene rings is 1. The number of nitrogens with zero attached hydrogens (tertiary/aromatic N) is 1. The number of amides is 1. The molecule has 0 bridgehead atoms. The second kappa shape index (κ2) is 7.22. The molecule has 0 heterocycles. The van der Waals surface area contributed by atoms with Crippen LogP contribution >= 0.6 is 0 Å². The fourth-order valence-electron chi connectivity index (χ4n) is 2.12. The van der Waals surface area contributed by atoms with E-state index in [9.17, 15) is 9.59 Å². The Kier molecular flexibility index (Phi) is 5.90. The molecule has 116 valence electrons. The van der Waals surface area contributed by atoms with E-state index in [1.54, 1.807) is 0 Å². The fourth-order valence-corrected chi connectivity index (χ4v) is 2.12. The van der Waals surface area contributed by atoms with E-state index in [-0.39, 0.29) is 18.0 Å². The quantitative estimate of drug-likeness (QED) is 0.834. The van der Waals surface area contributed by atoms with Crippen LogP contribution in [0.1, 0.15) is 26.3 Å². The molecule has 1 amide bonds. The molecule has 0 aliphatic heterocycles. The number of aliphatic carboxylic acids is 1. The summed E-state index contributed by atoms with van der Waals surface area (Å²) in [6.07, 6.45) is 0.529. The van der Waals surface area contributed by atoms with E-state index in [1.165, 1.54) is 11.9 Å². The van der Waals surface area contributed by atoms with Gasteiger partial charge in [-0.2, -0.15) is 0 Å². The highest BCUT2D eigenvalue weighted by atomic mass is 16.4. The van der Waals surface area contributed by atoms with E-state index in [2.05, 4.69) is 5.32 Å². The Balaban J connectivity index is 2.86. The molecule has 0 spiro atoms. The number of nitrogens with one attached hydrogen (secondary N) is 1. The van der Waals surface area contributed by atoms with Crippen molar-refractivity contribution < 1.29 is 14.7 Å². The molecule has 1 aromatic rings. The van der Waals surface area contributed by atoms with Gasteiger partial charge in [0.25, 0.3) is 0 Å². The maximum absolute atomic E-state index is 12.5. The minimum absolute atomic E-state index is 0.212. The summed E-state index contributed by atoms with van der Waals surface area (Å²) in [6.45, 7) is 5.65. The maximum atomic E-state index is 12.5. The van der Waals surface area contributed by atoms with Gasteiger partial charge in [0.1, 0.15) is 6.54 Å². The highest BCUT2D eigenvalue weighted by Gasteiger charge is 2.27. The number of hydrogen-bond acceptors (Lipinski definition) is 3. The summed E-state index contributed by atoms with van der Waals surface area (Å²) in [4.78, 5) is 24.5. The van der Waals surface area contributed by atoms with Gasteiger partial charge in [-0.15, -0.1) is 0 Å². The lowest BCUT2D eigenvalue weighted by atomic mass is 10.0. The summed E-state index contributed by atoms with van der Waals surface area (Å²) < 4.78 is 0. The monoisotopic (exact) mass is 292 g/mol. The normalized spacial score (nSPS) is 12.8. The topological polar surface area (TPSA) is 69.6 Å². The molecule has 0 aliphatic carbocycles. The SMILES string of the molecule is CN(CC(=O)O)C(=O)[C@H](Cc1ccccc1)NC(C)(C)C. The second-order valence-corrected chi connectivity index (χ2v) is 6.22. The molecule has 0 fully saturated rings. The van der Waals surface area contributed by atoms with Crippen LogP contribution in [0.5, 0.6) is 0 Å². The lowest BCUT2D eigenvalue weighted by Crippen LogP contribution is -2.53. The third kappa shape index (κ3) is 6.40. The lowest BCUT2D eigenvalue weighted by Gasteiger charge is -2.30. The van der Waals surface area contributed by atoms with Crippen LogP contribution in [0, 0.1) is 0 Å². The summed E-state index contributed by atoms with van der Waals surface area (Å²) in [5.74, 6) is -1.23. The van der Waals surface area contributed by atoms with Crippen molar-refractivity contribution in [3.8, 4) is 0 Å². The van der Waals surface area contributed by atoms with Crippen molar-refractivity contribution >= 4 is 11.9 Å². The zero-order chi connectivity index (χ0) is 16.0. The number of carbonyl (C=O) groups excluding carboxylic acids is 1. The van der Waals surface area contributed by atoms with E-state index in [0.717, 1.165) is 5.56 Å². The van der Waals surface area contributed by atoms with Gasteiger partial charge in [-0.1, -0.05) is 30.3 Å². The van der Waals surface area contributed by atoms with E-state index in [0.29, 0.717) is 6.42 Å². The first-order valence-corrected chi connectivity index (χ1v) is 6.97. The van der Waals surface area contributed by atoms with Gasteiger partial charge in [0, 0.05) is 12.6 Å².